The second-order valence-corrected chi connectivity index (χ2v) is 8.44. The summed E-state index contributed by atoms with van der Waals surface area (Å²) in [7, 11) is 0. The smallest absolute Gasteiger partial charge is 0.157 e. The third-order valence-corrected chi connectivity index (χ3v) is 6.88. The SMILES string of the molecule is C=CCCC(CCC1SCCCS1)OC1CCCCO1. The normalized spacial score (nSPS) is 26.3. The molecule has 116 valence electrons. The largest absolute Gasteiger partial charge is 0.353 e. The zero-order chi connectivity index (χ0) is 14.0. The molecule has 0 aromatic carbocycles. The molecule has 2 fully saturated rings. The molecule has 2 aliphatic rings. The summed E-state index contributed by atoms with van der Waals surface area (Å²) in [5, 5.41) is 0. The summed E-state index contributed by atoms with van der Waals surface area (Å²) in [6, 6.07) is 0. The summed E-state index contributed by atoms with van der Waals surface area (Å²) in [5.74, 6) is 2.67. The van der Waals surface area contributed by atoms with Crippen LogP contribution in [0.1, 0.15) is 51.4 Å². The maximum absolute atomic E-state index is 6.20. The summed E-state index contributed by atoms with van der Waals surface area (Å²) in [5.41, 5.74) is 0. The van der Waals surface area contributed by atoms with Crippen molar-refractivity contribution in [2.45, 2.75) is 68.3 Å². The van der Waals surface area contributed by atoms with E-state index in [1.54, 1.807) is 0 Å². The van der Waals surface area contributed by atoms with E-state index in [0.717, 1.165) is 30.5 Å². The molecule has 0 radical (unpaired) electrons. The highest BCUT2D eigenvalue weighted by Gasteiger charge is 2.21. The first-order chi connectivity index (χ1) is 9.88. The second kappa shape index (κ2) is 10.1. The van der Waals surface area contributed by atoms with Gasteiger partial charge in [0.05, 0.1) is 10.7 Å². The Kier molecular flexibility index (Phi) is 8.49. The minimum absolute atomic E-state index is 0.0465. The quantitative estimate of drug-likeness (QED) is 0.596. The predicted molar refractivity (Wildman–Crippen MR) is 90.5 cm³/mol. The lowest BCUT2D eigenvalue weighted by Crippen LogP contribution is -2.28. The molecule has 0 aliphatic carbocycles. The van der Waals surface area contributed by atoms with E-state index in [1.807, 2.05) is 6.08 Å². The van der Waals surface area contributed by atoms with Gasteiger partial charge in [0.25, 0.3) is 0 Å². The van der Waals surface area contributed by atoms with Gasteiger partial charge in [-0.05, 0) is 62.9 Å². The lowest BCUT2D eigenvalue weighted by molar-refractivity contribution is -0.190. The molecule has 0 aromatic heterocycles. The van der Waals surface area contributed by atoms with Gasteiger partial charge in [0.1, 0.15) is 0 Å². The number of allylic oxidation sites excluding steroid dienone is 1. The highest BCUT2D eigenvalue weighted by molar-refractivity contribution is 8.17. The molecule has 0 spiro atoms. The topological polar surface area (TPSA) is 18.5 Å². The van der Waals surface area contributed by atoms with Crippen LogP contribution in [0, 0.1) is 0 Å². The van der Waals surface area contributed by atoms with Crippen LogP contribution < -0.4 is 0 Å². The standard InChI is InChI=1S/C16H28O2S2/c1-2-3-7-14(18-15-8-4-5-11-17-15)9-10-16-19-12-6-13-20-16/h2,14-16H,1,3-13H2. The van der Waals surface area contributed by atoms with Crippen molar-refractivity contribution < 1.29 is 9.47 Å². The van der Waals surface area contributed by atoms with E-state index in [1.165, 1.54) is 43.6 Å². The summed E-state index contributed by atoms with van der Waals surface area (Å²) in [6.07, 6.45) is 11.8. The van der Waals surface area contributed by atoms with E-state index in [4.69, 9.17) is 9.47 Å². The molecule has 0 aromatic rings. The summed E-state index contributed by atoms with van der Waals surface area (Å²) in [4.78, 5) is 0. The molecule has 2 unspecified atom stereocenters. The van der Waals surface area contributed by atoms with Crippen LogP contribution in [-0.2, 0) is 9.47 Å². The molecule has 2 atom stereocenters. The Hall–Kier alpha value is 0.360. The number of ether oxygens (including phenoxy) is 2. The lowest BCUT2D eigenvalue weighted by Gasteiger charge is -2.29. The Morgan fingerprint density at radius 1 is 1.20 bits per heavy atom. The van der Waals surface area contributed by atoms with Crippen molar-refractivity contribution in [1.29, 1.82) is 0 Å². The molecule has 0 N–H and O–H groups in total. The third kappa shape index (κ3) is 6.42. The summed E-state index contributed by atoms with van der Waals surface area (Å²) < 4.78 is 12.7. The van der Waals surface area contributed by atoms with E-state index in [-0.39, 0.29) is 6.29 Å². The number of thioether (sulfide) groups is 2. The molecule has 2 aliphatic heterocycles. The third-order valence-electron chi connectivity index (χ3n) is 3.80. The van der Waals surface area contributed by atoms with Gasteiger partial charge >= 0.3 is 0 Å². The van der Waals surface area contributed by atoms with Crippen LogP contribution in [0.4, 0.5) is 0 Å². The van der Waals surface area contributed by atoms with Gasteiger partial charge in [0.2, 0.25) is 0 Å². The fourth-order valence-corrected chi connectivity index (χ4v) is 5.54. The lowest BCUT2D eigenvalue weighted by atomic mass is 10.1. The minimum atomic E-state index is 0.0465. The summed E-state index contributed by atoms with van der Waals surface area (Å²) >= 11 is 4.26. The Labute approximate surface area is 132 Å². The first kappa shape index (κ1) is 16.7. The average Bonchev–Trinajstić information content (AvgIpc) is 2.52. The van der Waals surface area contributed by atoms with Crippen LogP contribution >= 0.6 is 23.5 Å². The van der Waals surface area contributed by atoms with Crippen molar-refractivity contribution in [2.24, 2.45) is 0 Å². The average molecular weight is 317 g/mol. The fraction of sp³-hybridized carbons (Fsp3) is 0.875. The van der Waals surface area contributed by atoms with Crippen LogP contribution in [0.25, 0.3) is 0 Å². The van der Waals surface area contributed by atoms with Crippen molar-refractivity contribution in [1.82, 2.24) is 0 Å². The van der Waals surface area contributed by atoms with E-state index < -0.39 is 0 Å². The van der Waals surface area contributed by atoms with Crippen LogP contribution in [0.3, 0.4) is 0 Å². The van der Waals surface area contributed by atoms with E-state index >= 15 is 0 Å². The van der Waals surface area contributed by atoms with Gasteiger partial charge in [-0.2, -0.15) is 0 Å². The molecular weight excluding hydrogens is 288 g/mol. The van der Waals surface area contributed by atoms with Crippen molar-refractivity contribution >= 4 is 23.5 Å². The van der Waals surface area contributed by atoms with Gasteiger partial charge in [0.15, 0.2) is 6.29 Å². The molecule has 2 rings (SSSR count). The minimum Gasteiger partial charge on any atom is -0.353 e. The first-order valence-corrected chi connectivity index (χ1v) is 10.1. The van der Waals surface area contributed by atoms with E-state index in [9.17, 15) is 0 Å². The van der Waals surface area contributed by atoms with Crippen molar-refractivity contribution in [3.63, 3.8) is 0 Å². The maximum atomic E-state index is 6.20. The number of hydrogen-bond donors (Lipinski definition) is 0. The monoisotopic (exact) mass is 316 g/mol. The van der Waals surface area contributed by atoms with Gasteiger partial charge < -0.3 is 9.47 Å². The molecular formula is C16H28O2S2. The van der Waals surface area contributed by atoms with Crippen molar-refractivity contribution in [3.8, 4) is 0 Å². The highest BCUT2D eigenvalue weighted by Crippen LogP contribution is 2.34. The number of rotatable bonds is 8. The summed E-state index contributed by atoms with van der Waals surface area (Å²) in [6.45, 7) is 4.70. The molecule has 0 bridgehead atoms. The van der Waals surface area contributed by atoms with Crippen LogP contribution in [-0.4, -0.2) is 35.1 Å². The molecule has 0 saturated carbocycles. The van der Waals surface area contributed by atoms with Gasteiger partial charge in [-0.1, -0.05) is 6.08 Å². The Balaban J connectivity index is 1.71. The molecule has 20 heavy (non-hydrogen) atoms. The maximum Gasteiger partial charge on any atom is 0.157 e. The van der Waals surface area contributed by atoms with Gasteiger partial charge in [0, 0.05) is 6.61 Å². The zero-order valence-corrected chi connectivity index (χ0v) is 14.1. The van der Waals surface area contributed by atoms with E-state index in [2.05, 4.69) is 30.1 Å². The second-order valence-electron chi connectivity index (χ2n) is 5.52. The van der Waals surface area contributed by atoms with Crippen LogP contribution in [0.15, 0.2) is 12.7 Å². The molecule has 2 nitrogen and oxygen atoms in total. The zero-order valence-electron chi connectivity index (χ0n) is 12.4. The van der Waals surface area contributed by atoms with Gasteiger partial charge in [-0.3, -0.25) is 0 Å². The van der Waals surface area contributed by atoms with Gasteiger partial charge in [-0.25, -0.2) is 0 Å². The van der Waals surface area contributed by atoms with Gasteiger partial charge in [-0.15, -0.1) is 30.1 Å². The fourth-order valence-electron chi connectivity index (χ4n) is 2.64. The predicted octanol–water partition coefficient (Wildman–Crippen LogP) is 4.84. The molecule has 0 amide bonds. The van der Waals surface area contributed by atoms with Crippen LogP contribution in [0.2, 0.25) is 0 Å². The Morgan fingerprint density at radius 2 is 2.05 bits per heavy atom. The molecule has 2 heterocycles. The Bertz CT molecular complexity index is 261. The van der Waals surface area contributed by atoms with Crippen molar-refractivity contribution in [3.05, 3.63) is 12.7 Å². The van der Waals surface area contributed by atoms with Crippen LogP contribution in [0.5, 0.6) is 0 Å². The first-order valence-electron chi connectivity index (χ1n) is 7.99. The van der Waals surface area contributed by atoms with Crippen molar-refractivity contribution in [2.75, 3.05) is 18.1 Å². The molecule has 4 heteroatoms. The number of hydrogen-bond acceptors (Lipinski definition) is 4. The van der Waals surface area contributed by atoms with E-state index in [0.29, 0.717) is 6.10 Å². The molecule has 2 saturated heterocycles. The Morgan fingerprint density at radius 3 is 2.75 bits per heavy atom. The highest BCUT2D eigenvalue weighted by atomic mass is 32.2.